The van der Waals surface area contributed by atoms with Crippen molar-refractivity contribution in [3.63, 3.8) is 0 Å². The van der Waals surface area contributed by atoms with Gasteiger partial charge in [-0.25, -0.2) is 9.82 Å². The van der Waals surface area contributed by atoms with Crippen LogP contribution in [0.3, 0.4) is 0 Å². The molecule has 0 saturated heterocycles. The Balaban J connectivity index is 1.76. The summed E-state index contributed by atoms with van der Waals surface area (Å²) in [5.41, 5.74) is 4.48. The van der Waals surface area contributed by atoms with Crippen LogP contribution in [0.25, 0.3) is 0 Å². The minimum absolute atomic E-state index is 0.0771. The highest BCUT2D eigenvalue weighted by Crippen LogP contribution is 2.63. The van der Waals surface area contributed by atoms with Gasteiger partial charge in [0.05, 0.1) is 0 Å². The summed E-state index contributed by atoms with van der Waals surface area (Å²) in [6.45, 7) is 6.85. The fourth-order valence-electron chi connectivity index (χ4n) is 3.88. The molecule has 3 rings (SSSR count). The molecule has 2 atom stereocenters. The number of nitrogens with one attached hydrogen (secondary N) is 1. The van der Waals surface area contributed by atoms with Crippen LogP contribution in [0, 0.1) is 22.6 Å². The molecule has 21 heavy (non-hydrogen) atoms. The lowest BCUT2D eigenvalue weighted by atomic mass is 9.70. The monoisotopic (exact) mass is 288 g/mol. The fourth-order valence-corrected chi connectivity index (χ4v) is 3.88. The number of benzene rings is 1. The predicted octanol–water partition coefficient (Wildman–Crippen LogP) is 3.76. The van der Waals surface area contributed by atoms with Crippen molar-refractivity contribution in [2.24, 2.45) is 21.8 Å². The average molecular weight is 288 g/mol. The van der Waals surface area contributed by atoms with Gasteiger partial charge in [0.2, 0.25) is 0 Å². The zero-order valence-electron chi connectivity index (χ0n) is 12.7. The number of halogens is 1. The van der Waals surface area contributed by atoms with Crippen LogP contribution >= 0.6 is 0 Å². The van der Waals surface area contributed by atoms with Crippen LogP contribution in [0.1, 0.15) is 50.4 Å². The molecule has 1 amide bonds. The van der Waals surface area contributed by atoms with Gasteiger partial charge in [-0.05, 0) is 54.9 Å². The first-order valence-corrected chi connectivity index (χ1v) is 7.47. The number of amides is 1. The smallest absolute Gasteiger partial charge is 0.267 e. The Hall–Kier alpha value is -1.71. The first kappa shape index (κ1) is 14.2. The molecule has 1 aromatic carbocycles. The van der Waals surface area contributed by atoms with Gasteiger partial charge in [-0.15, -0.1) is 0 Å². The Kier molecular flexibility index (Phi) is 3.15. The van der Waals surface area contributed by atoms with Gasteiger partial charge in [0, 0.05) is 16.7 Å². The van der Waals surface area contributed by atoms with Crippen molar-refractivity contribution in [3.8, 4) is 0 Å². The number of carbonyl (C=O) groups is 1. The zero-order chi connectivity index (χ0) is 15.3. The lowest BCUT2D eigenvalue weighted by Gasteiger charge is -2.34. The lowest BCUT2D eigenvalue weighted by molar-refractivity contribution is 0.0954. The Bertz CT molecular complexity index is 606. The van der Waals surface area contributed by atoms with Crippen molar-refractivity contribution in [2.75, 3.05) is 0 Å². The van der Waals surface area contributed by atoms with Crippen LogP contribution in [-0.4, -0.2) is 11.6 Å². The molecule has 2 aliphatic rings. The molecule has 1 N–H and O–H groups in total. The predicted molar refractivity (Wildman–Crippen MR) is 80.5 cm³/mol. The molecule has 4 heteroatoms. The summed E-state index contributed by atoms with van der Waals surface area (Å²) in [5.74, 6) is 0.0240. The third kappa shape index (κ3) is 2.08. The second-order valence-corrected chi connectivity index (χ2v) is 7.00. The van der Waals surface area contributed by atoms with Crippen molar-refractivity contribution in [1.82, 2.24) is 5.43 Å². The van der Waals surface area contributed by atoms with Gasteiger partial charge in [0.25, 0.3) is 5.91 Å². The van der Waals surface area contributed by atoms with E-state index < -0.39 is 0 Å². The van der Waals surface area contributed by atoms with Crippen molar-refractivity contribution in [2.45, 2.75) is 40.0 Å². The van der Waals surface area contributed by atoms with Gasteiger partial charge in [-0.3, -0.25) is 4.79 Å². The Labute approximate surface area is 124 Å². The van der Waals surface area contributed by atoms with E-state index in [-0.39, 0.29) is 22.6 Å². The summed E-state index contributed by atoms with van der Waals surface area (Å²) >= 11 is 0. The number of rotatable bonds is 2. The van der Waals surface area contributed by atoms with Crippen LogP contribution in [0.4, 0.5) is 4.39 Å². The molecule has 0 aliphatic heterocycles. The molecule has 0 radical (unpaired) electrons. The Morgan fingerprint density at radius 1 is 1.29 bits per heavy atom. The second-order valence-electron chi connectivity index (χ2n) is 7.00. The van der Waals surface area contributed by atoms with Gasteiger partial charge in [0.15, 0.2) is 0 Å². The summed E-state index contributed by atoms with van der Waals surface area (Å²) in [6.07, 6.45) is 3.34. The average Bonchev–Trinajstić information content (AvgIpc) is 2.78. The van der Waals surface area contributed by atoms with E-state index in [2.05, 4.69) is 31.3 Å². The highest BCUT2D eigenvalue weighted by Gasteiger charge is 2.59. The zero-order valence-corrected chi connectivity index (χ0v) is 12.7. The summed E-state index contributed by atoms with van der Waals surface area (Å²) in [4.78, 5) is 12.0. The van der Waals surface area contributed by atoms with Gasteiger partial charge in [0.1, 0.15) is 5.82 Å². The van der Waals surface area contributed by atoms with Crippen LogP contribution in [0.5, 0.6) is 0 Å². The maximum absolute atomic E-state index is 12.9. The third-order valence-electron chi connectivity index (χ3n) is 5.91. The maximum atomic E-state index is 12.9. The number of carbonyl (C=O) groups excluding carboxylic acids is 1. The molecule has 112 valence electrons. The van der Waals surface area contributed by atoms with E-state index in [1.807, 2.05) is 0 Å². The molecule has 0 heterocycles. The van der Waals surface area contributed by atoms with E-state index in [0.29, 0.717) is 11.5 Å². The highest BCUT2D eigenvalue weighted by atomic mass is 19.1. The molecule has 2 bridgehead atoms. The fraction of sp³-hybridized carbons (Fsp3) is 0.529. The Morgan fingerprint density at radius 2 is 1.95 bits per heavy atom. The van der Waals surface area contributed by atoms with Gasteiger partial charge in [-0.1, -0.05) is 20.8 Å². The molecule has 2 saturated carbocycles. The Morgan fingerprint density at radius 3 is 2.48 bits per heavy atom. The van der Waals surface area contributed by atoms with Crippen LogP contribution in [0.15, 0.2) is 29.4 Å². The topological polar surface area (TPSA) is 41.5 Å². The second kappa shape index (κ2) is 4.65. The van der Waals surface area contributed by atoms with Crippen molar-refractivity contribution < 1.29 is 9.18 Å². The van der Waals surface area contributed by atoms with E-state index >= 15 is 0 Å². The van der Waals surface area contributed by atoms with Crippen LogP contribution < -0.4 is 5.43 Å². The van der Waals surface area contributed by atoms with Crippen molar-refractivity contribution in [1.29, 1.82) is 0 Å². The van der Waals surface area contributed by atoms with E-state index in [9.17, 15) is 9.18 Å². The molecule has 2 aliphatic carbocycles. The van der Waals surface area contributed by atoms with E-state index in [1.165, 1.54) is 30.7 Å². The SMILES string of the molecule is CC1(C)[C@H]2CC[C@]1(C)/C(=N/NC(=O)c1ccc(F)cc1)C2. The number of nitrogens with zero attached hydrogens (tertiary/aromatic N) is 1. The first-order chi connectivity index (χ1) is 9.84. The van der Waals surface area contributed by atoms with E-state index in [1.54, 1.807) is 0 Å². The standard InChI is InChI=1S/C17H21FN2O/c1-16(2)12-8-9-17(16,3)14(10-12)19-20-15(21)11-4-6-13(18)7-5-11/h4-7,12H,8-10H2,1-3H3,(H,20,21)/b19-14+/t12-,17+/m0/s1. The minimum Gasteiger partial charge on any atom is -0.267 e. The molecule has 0 aromatic heterocycles. The summed E-state index contributed by atoms with van der Waals surface area (Å²) in [7, 11) is 0. The maximum Gasteiger partial charge on any atom is 0.271 e. The summed E-state index contributed by atoms with van der Waals surface area (Å²) < 4.78 is 12.9. The van der Waals surface area contributed by atoms with Crippen molar-refractivity contribution >= 4 is 11.6 Å². The van der Waals surface area contributed by atoms with E-state index in [0.717, 1.165) is 18.6 Å². The molecule has 0 spiro atoms. The number of hydrazone groups is 1. The normalized spacial score (nSPS) is 31.6. The molecular formula is C17H21FN2O. The van der Waals surface area contributed by atoms with Crippen molar-refractivity contribution in [3.05, 3.63) is 35.6 Å². The van der Waals surface area contributed by atoms with E-state index in [4.69, 9.17) is 0 Å². The summed E-state index contributed by atoms with van der Waals surface area (Å²) in [6, 6.07) is 5.50. The highest BCUT2D eigenvalue weighted by molar-refractivity contribution is 5.98. The van der Waals surface area contributed by atoms with Crippen LogP contribution in [0.2, 0.25) is 0 Å². The number of fused-ring (bicyclic) bond motifs is 2. The lowest BCUT2D eigenvalue weighted by Crippen LogP contribution is -2.34. The van der Waals surface area contributed by atoms with Crippen LogP contribution in [-0.2, 0) is 0 Å². The summed E-state index contributed by atoms with van der Waals surface area (Å²) in [5, 5.41) is 4.40. The van der Waals surface area contributed by atoms with Gasteiger partial charge < -0.3 is 0 Å². The largest absolute Gasteiger partial charge is 0.271 e. The third-order valence-corrected chi connectivity index (χ3v) is 5.91. The quantitative estimate of drug-likeness (QED) is 0.827. The van der Waals surface area contributed by atoms with Gasteiger partial charge in [-0.2, -0.15) is 5.10 Å². The minimum atomic E-state index is -0.347. The molecule has 0 unspecified atom stereocenters. The number of hydrogen-bond acceptors (Lipinski definition) is 2. The molecular weight excluding hydrogens is 267 g/mol. The van der Waals surface area contributed by atoms with Gasteiger partial charge >= 0.3 is 0 Å². The molecule has 3 nitrogen and oxygen atoms in total. The first-order valence-electron chi connectivity index (χ1n) is 7.47. The molecule has 2 fully saturated rings. The molecule has 1 aromatic rings. The number of hydrogen-bond donors (Lipinski definition) is 1.